The lowest BCUT2D eigenvalue weighted by Gasteiger charge is -2.19. The lowest BCUT2D eigenvalue weighted by atomic mass is 10.2. The van der Waals surface area contributed by atoms with Crippen molar-refractivity contribution in [3.63, 3.8) is 0 Å². The van der Waals surface area contributed by atoms with E-state index >= 15 is 0 Å². The van der Waals surface area contributed by atoms with Crippen LogP contribution in [0.15, 0.2) is 24.4 Å². The number of esters is 1. The maximum Gasteiger partial charge on any atom is 0.312 e. The van der Waals surface area contributed by atoms with Gasteiger partial charge in [-0.3, -0.25) is 9.59 Å². The number of rotatable bonds is 5. The summed E-state index contributed by atoms with van der Waals surface area (Å²) in [4.78, 5) is 27.2. The number of ether oxygens (including phenoxy) is 1. The summed E-state index contributed by atoms with van der Waals surface area (Å²) in [5.74, 6) is -0.584. The number of hydrogen-bond acceptors (Lipinski definition) is 4. The van der Waals surface area contributed by atoms with Gasteiger partial charge in [-0.2, -0.15) is 0 Å². The number of fused-ring (bicyclic) bond motifs is 1. The molecule has 0 saturated heterocycles. The number of imidazole rings is 1. The summed E-state index contributed by atoms with van der Waals surface area (Å²) >= 11 is 0. The van der Waals surface area contributed by atoms with Gasteiger partial charge >= 0.3 is 11.9 Å². The second-order valence-electron chi connectivity index (χ2n) is 6.09. The van der Waals surface area contributed by atoms with Gasteiger partial charge in [0.2, 0.25) is 0 Å². The van der Waals surface area contributed by atoms with Crippen molar-refractivity contribution in [2.24, 2.45) is 0 Å². The van der Waals surface area contributed by atoms with Crippen molar-refractivity contribution in [3.05, 3.63) is 35.9 Å². The van der Waals surface area contributed by atoms with E-state index in [0.29, 0.717) is 17.9 Å². The molecule has 0 aliphatic carbocycles. The van der Waals surface area contributed by atoms with E-state index in [9.17, 15) is 9.59 Å². The van der Waals surface area contributed by atoms with Gasteiger partial charge < -0.3 is 14.2 Å². The fourth-order valence-electron chi connectivity index (χ4n) is 2.21. The molecule has 0 fully saturated rings. The number of carbonyl (C=O) groups is 2. The summed E-state index contributed by atoms with van der Waals surface area (Å²) in [6, 6.07) is 5.56. The average Bonchev–Trinajstić information content (AvgIpc) is 2.73. The molecule has 2 rings (SSSR count). The van der Waals surface area contributed by atoms with Crippen LogP contribution in [-0.4, -0.2) is 32.0 Å². The molecule has 0 atom stereocenters. The van der Waals surface area contributed by atoms with E-state index in [4.69, 9.17) is 9.84 Å². The third-order valence-corrected chi connectivity index (χ3v) is 2.99. The van der Waals surface area contributed by atoms with Crippen LogP contribution in [0.1, 0.15) is 38.7 Å². The number of hydrogen-bond donors (Lipinski definition) is 1. The Hall–Kier alpha value is -2.37. The van der Waals surface area contributed by atoms with Crippen LogP contribution in [0.4, 0.5) is 0 Å². The van der Waals surface area contributed by atoms with Crippen molar-refractivity contribution in [2.75, 3.05) is 0 Å². The quantitative estimate of drug-likeness (QED) is 0.857. The molecule has 0 amide bonds. The number of carboxylic acid groups (broad SMARTS) is 1. The van der Waals surface area contributed by atoms with Crippen molar-refractivity contribution in [2.45, 2.75) is 45.6 Å². The molecule has 2 aromatic heterocycles. The summed E-state index contributed by atoms with van der Waals surface area (Å²) in [6.07, 6.45) is 2.20. The Morgan fingerprint density at radius 3 is 2.68 bits per heavy atom. The van der Waals surface area contributed by atoms with Gasteiger partial charge in [-0.15, -0.1) is 0 Å². The molecular formula is C16H20N2O4. The van der Waals surface area contributed by atoms with E-state index in [2.05, 4.69) is 4.98 Å². The third kappa shape index (κ3) is 4.07. The molecule has 0 saturated carbocycles. The van der Waals surface area contributed by atoms with Gasteiger partial charge in [0.05, 0.1) is 24.1 Å². The fourth-order valence-corrected chi connectivity index (χ4v) is 2.21. The summed E-state index contributed by atoms with van der Waals surface area (Å²) < 4.78 is 7.14. The molecule has 2 aromatic rings. The molecule has 0 aromatic carbocycles. The number of aryl methyl sites for hydroxylation is 1. The molecule has 0 bridgehead atoms. The van der Waals surface area contributed by atoms with Crippen LogP contribution in [0.25, 0.3) is 5.52 Å². The first kappa shape index (κ1) is 16.0. The van der Waals surface area contributed by atoms with Gasteiger partial charge in [0.1, 0.15) is 11.4 Å². The Balaban J connectivity index is 2.26. The number of pyridine rings is 1. The molecule has 0 spiro atoms. The van der Waals surface area contributed by atoms with E-state index in [1.165, 1.54) is 0 Å². The van der Waals surface area contributed by atoms with E-state index in [-0.39, 0.29) is 18.8 Å². The number of aromatic nitrogens is 2. The predicted octanol–water partition coefficient (Wildman–Crippen LogP) is 2.24. The van der Waals surface area contributed by atoms with Gasteiger partial charge in [-0.1, -0.05) is 6.07 Å². The summed E-state index contributed by atoms with van der Waals surface area (Å²) in [6.45, 7) is 5.44. The zero-order valence-corrected chi connectivity index (χ0v) is 13.0. The smallest absolute Gasteiger partial charge is 0.312 e. The second-order valence-corrected chi connectivity index (χ2v) is 6.09. The third-order valence-electron chi connectivity index (χ3n) is 2.99. The first-order valence-corrected chi connectivity index (χ1v) is 7.15. The van der Waals surface area contributed by atoms with Crippen molar-refractivity contribution < 1.29 is 19.4 Å². The summed E-state index contributed by atoms with van der Waals surface area (Å²) in [5.41, 5.74) is 0.864. The van der Waals surface area contributed by atoms with Crippen LogP contribution in [-0.2, 0) is 27.2 Å². The Morgan fingerprint density at radius 2 is 2.05 bits per heavy atom. The van der Waals surface area contributed by atoms with Crippen LogP contribution < -0.4 is 0 Å². The highest BCUT2D eigenvalue weighted by atomic mass is 16.6. The molecule has 1 N–H and O–H groups in total. The summed E-state index contributed by atoms with van der Waals surface area (Å²) in [7, 11) is 0. The molecule has 0 aliphatic heterocycles. The molecule has 118 valence electrons. The van der Waals surface area contributed by atoms with Crippen LogP contribution in [0.3, 0.4) is 0 Å². The van der Waals surface area contributed by atoms with E-state index in [1.54, 1.807) is 0 Å². The largest absolute Gasteiger partial charge is 0.481 e. The topological polar surface area (TPSA) is 80.9 Å². The molecule has 2 heterocycles. The average molecular weight is 304 g/mol. The maximum absolute atomic E-state index is 12.0. The number of carboxylic acids is 1. The zero-order chi connectivity index (χ0) is 16.3. The first-order chi connectivity index (χ1) is 10.3. The Bertz CT molecular complexity index is 698. The standard InChI is InChI=1S/C16H20N2O4/c1-16(2,3)22-15(21)10-11-12-6-4-5-9-18(12)13(17-11)7-8-14(19)20/h4-6,9H,7-8,10H2,1-3H3,(H,19,20). The predicted molar refractivity (Wildman–Crippen MR) is 80.7 cm³/mol. The van der Waals surface area contributed by atoms with Crippen molar-refractivity contribution in [3.8, 4) is 0 Å². The highest BCUT2D eigenvalue weighted by Crippen LogP contribution is 2.17. The minimum Gasteiger partial charge on any atom is -0.481 e. The SMILES string of the molecule is CC(C)(C)OC(=O)Cc1nc(CCC(=O)O)n2ccccc12. The van der Waals surface area contributed by atoms with E-state index in [0.717, 1.165) is 5.52 Å². The van der Waals surface area contributed by atoms with E-state index in [1.807, 2.05) is 49.6 Å². The Morgan fingerprint density at radius 1 is 1.32 bits per heavy atom. The molecule has 0 aliphatic rings. The molecule has 0 radical (unpaired) electrons. The molecule has 0 unspecified atom stereocenters. The lowest BCUT2D eigenvalue weighted by Crippen LogP contribution is -2.25. The second kappa shape index (κ2) is 6.17. The summed E-state index contributed by atoms with van der Waals surface area (Å²) in [5, 5.41) is 8.82. The minimum atomic E-state index is -0.874. The van der Waals surface area contributed by atoms with E-state index < -0.39 is 11.6 Å². The van der Waals surface area contributed by atoms with Crippen LogP contribution >= 0.6 is 0 Å². The van der Waals surface area contributed by atoms with Crippen LogP contribution in [0, 0.1) is 0 Å². The van der Waals surface area contributed by atoms with Crippen LogP contribution in [0.2, 0.25) is 0 Å². The number of carbonyl (C=O) groups excluding carboxylic acids is 1. The highest BCUT2D eigenvalue weighted by molar-refractivity contribution is 5.75. The molecule has 6 nitrogen and oxygen atoms in total. The van der Waals surface area contributed by atoms with Crippen LogP contribution in [0.5, 0.6) is 0 Å². The monoisotopic (exact) mass is 304 g/mol. The number of nitrogens with zero attached hydrogens (tertiary/aromatic N) is 2. The Labute approximate surface area is 128 Å². The normalized spacial score (nSPS) is 11.6. The molecule has 22 heavy (non-hydrogen) atoms. The van der Waals surface area contributed by atoms with Gasteiger partial charge in [0.15, 0.2) is 0 Å². The maximum atomic E-state index is 12.0. The van der Waals surface area contributed by atoms with Gasteiger partial charge in [0.25, 0.3) is 0 Å². The molecule has 6 heteroatoms. The highest BCUT2D eigenvalue weighted by Gasteiger charge is 2.20. The molecular weight excluding hydrogens is 284 g/mol. The minimum absolute atomic E-state index is 0.000114. The van der Waals surface area contributed by atoms with Gasteiger partial charge in [0, 0.05) is 12.6 Å². The van der Waals surface area contributed by atoms with Crippen molar-refractivity contribution in [1.82, 2.24) is 9.38 Å². The van der Waals surface area contributed by atoms with Gasteiger partial charge in [-0.25, -0.2) is 4.98 Å². The Kier molecular flexibility index (Phi) is 4.49. The van der Waals surface area contributed by atoms with Crippen molar-refractivity contribution >= 4 is 17.5 Å². The lowest BCUT2D eigenvalue weighted by molar-refractivity contribution is -0.154. The zero-order valence-electron chi connectivity index (χ0n) is 13.0. The first-order valence-electron chi connectivity index (χ1n) is 7.15. The fraction of sp³-hybridized carbons (Fsp3) is 0.438. The van der Waals surface area contributed by atoms with Gasteiger partial charge in [-0.05, 0) is 32.9 Å². The number of aliphatic carboxylic acids is 1. The van der Waals surface area contributed by atoms with Crippen molar-refractivity contribution in [1.29, 1.82) is 0 Å².